The Morgan fingerprint density at radius 2 is 1.92 bits per heavy atom. The molecule has 1 amide bonds. The molecule has 0 saturated carbocycles. The standard InChI is InChI=1S/C8H16N2OS/c1-3-8(11)9-4-6-10(12-2)7-5-9/h3-7H2,1-2H3. The predicted molar refractivity (Wildman–Crippen MR) is 52.0 cm³/mol. The highest BCUT2D eigenvalue weighted by Gasteiger charge is 2.18. The Balaban J connectivity index is 2.30. The van der Waals surface area contributed by atoms with Crippen LogP contribution < -0.4 is 0 Å². The Hall–Kier alpha value is -0.220. The van der Waals surface area contributed by atoms with Gasteiger partial charge in [-0.15, -0.1) is 0 Å². The van der Waals surface area contributed by atoms with E-state index in [1.165, 1.54) is 0 Å². The lowest BCUT2D eigenvalue weighted by Crippen LogP contribution is -2.45. The van der Waals surface area contributed by atoms with Crippen LogP contribution in [-0.4, -0.2) is 47.5 Å². The van der Waals surface area contributed by atoms with Crippen molar-refractivity contribution in [1.29, 1.82) is 0 Å². The van der Waals surface area contributed by atoms with Crippen LogP contribution in [0, 0.1) is 0 Å². The summed E-state index contributed by atoms with van der Waals surface area (Å²) in [5.41, 5.74) is 0. The molecular weight excluding hydrogens is 172 g/mol. The van der Waals surface area contributed by atoms with Crippen LogP contribution >= 0.6 is 11.9 Å². The van der Waals surface area contributed by atoms with Crippen molar-refractivity contribution in [2.24, 2.45) is 0 Å². The van der Waals surface area contributed by atoms with Crippen molar-refractivity contribution in [3.63, 3.8) is 0 Å². The molecule has 1 fully saturated rings. The van der Waals surface area contributed by atoms with Gasteiger partial charge in [0.15, 0.2) is 0 Å². The maximum Gasteiger partial charge on any atom is 0.222 e. The molecule has 4 heteroatoms. The lowest BCUT2D eigenvalue weighted by Gasteiger charge is -2.33. The van der Waals surface area contributed by atoms with E-state index in [4.69, 9.17) is 0 Å². The molecule has 1 aliphatic heterocycles. The summed E-state index contributed by atoms with van der Waals surface area (Å²) in [7, 11) is 0. The summed E-state index contributed by atoms with van der Waals surface area (Å²) in [6, 6.07) is 0. The van der Waals surface area contributed by atoms with E-state index < -0.39 is 0 Å². The Bertz CT molecular complexity index is 155. The number of piperazine rings is 1. The SMILES string of the molecule is CCC(=O)N1CCN(SC)CC1. The Morgan fingerprint density at radius 1 is 1.33 bits per heavy atom. The van der Waals surface area contributed by atoms with Crippen LogP contribution in [-0.2, 0) is 4.79 Å². The van der Waals surface area contributed by atoms with Crippen LogP contribution in [0.15, 0.2) is 0 Å². The highest BCUT2D eigenvalue weighted by atomic mass is 32.2. The lowest BCUT2D eigenvalue weighted by atomic mass is 10.3. The van der Waals surface area contributed by atoms with Crippen molar-refractivity contribution in [3.8, 4) is 0 Å². The number of carbonyl (C=O) groups excluding carboxylic acids is 1. The maximum absolute atomic E-state index is 11.3. The Morgan fingerprint density at radius 3 is 2.33 bits per heavy atom. The molecule has 0 aliphatic carbocycles. The smallest absolute Gasteiger partial charge is 0.222 e. The molecule has 1 aliphatic rings. The molecule has 3 nitrogen and oxygen atoms in total. The minimum absolute atomic E-state index is 0.288. The van der Waals surface area contributed by atoms with E-state index in [2.05, 4.69) is 10.6 Å². The average molecular weight is 188 g/mol. The highest BCUT2D eigenvalue weighted by Crippen LogP contribution is 2.10. The van der Waals surface area contributed by atoms with Crippen molar-refractivity contribution in [3.05, 3.63) is 0 Å². The van der Waals surface area contributed by atoms with E-state index >= 15 is 0 Å². The van der Waals surface area contributed by atoms with E-state index in [9.17, 15) is 4.79 Å². The number of hydrogen-bond donors (Lipinski definition) is 0. The number of carbonyl (C=O) groups is 1. The van der Waals surface area contributed by atoms with Crippen molar-refractivity contribution < 1.29 is 4.79 Å². The predicted octanol–water partition coefficient (Wildman–Crippen LogP) is 0.819. The third-order valence-corrected chi connectivity index (χ3v) is 3.03. The molecule has 0 atom stereocenters. The first-order chi connectivity index (χ1) is 5.77. The van der Waals surface area contributed by atoms with Gasteiger partial charge in [-0.1, -0.05) is 18.9 Å². The first-order valence-electron chi connectivity index (χ1n) is 4.34. The normalized spacial score (nSPS) is 19.7. The molecule has 1 heterocycles. The van der Waals surface area contributed by atoms with Crippen LogP contribution in [0.5, 0.6) is 0 Å². The van der Waals surface area contributed by atoms with Crippen molar-refractivity contribution >= 4 is 17.9 Å². The van der Waals surface area contributed by atoms with Gasteiger partial charge in [-0.25, -0.2) is 4.31 Å². The fraction of sp³-hybridized carbons (Fsp3) is 0.875. The van der Waals surface area contributed by atoms with Gasteiger partial charge in [-0.3, -0.25) is 4.79 Å². The summed E-state index contributed by atoms with van der Waals surface area (Å²) in [5, 5.41) is 0. The molecule has 0 bridgehead atoms. The molecule has 0 radical (unpaired) electrons. The Kier molecular flexibility index (Phi) is 3.88. The van der Waals surface area contributed by atoms with Crippen molar-refractivity contribution in [1.82, 2.24) is 9.21 Å². The van der Waals surface area contributed by atoms with E-state index in [1.54, 1.807) is 11.9 Å². The van der Waals surface area contributed by atoms with Crippen molar-refractivity contribution in [2.75, 3.05) is 32.4 Å². The quantitative estimate of drug-likeness (QED) is 0.599. The summed E-state index contributed by atoms with van der Waals surface area (Å²) in [5.74, 6) is 0.288. The molecule has 12 heavy (non-hydrogen) atoms. The van der Waals surface area contributed by atoms with E-state index in [0.717, 1.165) is 26.2 Å². The molecule has 0 aromatic heterocycles. The fourth-order valence-electron chi connectivity index (χ4n) is 1.34. The van der Waals surface area contributed by atoms with Crippen LogP contribution in [0.2, 0.25) is 0 Å². The summed E-state index contributed by atoms with van der Waals surface area (Å²) in [4.78, 5) is 13.2. The van der Waals surface area contributed by atoms with Gasteiger partial charge in [0, 0.05) is 32.6 Å². The zero-order valence-corrected chi connectivity index (χ0v) is 8.56. The second-order valence-electron chi connectivity index (χ2n) is 2.85. The second-order valence-corrected chi connectivity index (χ2v) is 3.73. The van der Waals surface area contributed by atoms with Gasteiger partial charge < -0.3 is 4.90 Å². The summed E-state index contributed by atoms with van der Waals surface area (Å²) in [6.45, 7) is 5.73. The lowest BCUT2D eigenvalue weighted by molar-refractivity contribution is -0.131. The monoisotopic (exact) mass is 188 g/mol. The summed E-state index contributed by atoms with van der Waals surface area (Å²) >= 11 is 1.76. The highest BCUT2D eigenvalue weighted by molar-refractivity contribution is 7.96. The third-order valence-electron chi connectivity index (χ3n) is 2.15. The first kappa shape index (κ1) is 9.86. The zero-order chi connectivity index (χ0) is 8.97. The summed E-state index contributed by atoms with van der Waals surface area (Å²) < 4.78 is 2.29. The molecule has 0 aromatic rings. The minimum atomic E-state index is 0.288. The molecule has 1 rings (SSSR count). The fourth-order valence-corrected chi connectivity index (χ4v) is 1.87. The molecule has 70 valence electrons. The minimum Gasteiger partial charge on any atom is -0.340 e. The van der Waals surface area contributed by atoms with E-state index in [-0.39, 0.29) is 5.91 Å². The number of hydrogen-bond acceptors (Lipinski definition) is 3. The largest absolute Gasteiger partial charge is 0.340 e. The van der Waals surface area contributed by atoms with Crippen LogP contribution in [0.1, 0.15) is 13.3 Å². The van der Waals surface area contributed by atoms with Crippen LogP contribution in [0.3, 0.4) is 0 Å². The molecule has 0 spiro atoms. The van der Waals surface area contributed by atoms with Gasteiger partial charge in [0.2, 0.25) is 5.91 Å². The second kappa shape index (κ2) is 4.72. The van der Waals surface area contributed by atoms with E-state index in [1.807, 2.05) is 11.8 Å². The topological polar surface area (TPSA) is 23.6 Å². The average Bonchev–Trinajstić information content (AvgIpc) is 2.17. The van der Waals surface area contributed by atoms with E-state index in [0.29, 0.717) is 6.42 Å². The van der Waals surface area contributed by atoms with Gasteiger partial charge in [-0.05, 0) is 6.26 Å². The number of nitrogens with zero attached hydrogens (tertiary/aromatic N) is 2. The molecule has 0 unspecified atom stereocenters. The van der Waals surface area contributed by atoms with Gasteiger partial charge in [0.25, 0.3) is 0 Å². The number of rotatable bonds is 2. The molecular formula is C8H16N2OS. The zero-order valence-electron chi connectivity index (χ0n) is 7.75. The van der Waals surface area contributed by atoms with Crippen molar-refractivity contribution in [2.45, 2.75) is 13.3 Å². The van der Waals surface area contributed by atoms with Gasteiger partial charge >= 0.3 is 0 Å². The first-order valence-corrected chi connectivity index (χ1v) is 5.53. The van der Waals surface area contributed by atoms with Crippen LogP contribution in [0.25, 0.3) is 0 Å². The maximum atomic E-state index is 11.3. The molecule has 0 aromatic carbocycles. The molecule has 0 N–H and O–H groups in total. The Labute approximate surface area is 78.2 Å². The van der Waals surface area contributed by atoms with Crippen LogP contribution in [0.4, 0.5) is 0 Å². The summed E-state index contributed by atoms with van der Waals surface area (Å²) in [6.07, 6.45) is 2.72. The molecule has 1 saturated heterocycles. The number of amides is 1. The van der Waals surface area contributed by atoms with Gasteiger partial charge in [0.1, 0.15) is 0 Å². The van der Waals surface area contributed by atoms with Gasteiger partial charge in [-0.2, -0.15) is 0 Å². The third kappa shape index (κ3) is 2.38. The van der Waals surface area contributed by atoms with Gasteiger partial charge in [0.05, 0.1) is 0 Å².